The number of nitrogens with two attached hydrogens (primary N) is 1. The summed E-state index contributed by atoms with van der Waals surface area (Å²) < 4.78 is 1.62. The van der Waals surface area contributed by atoms with E-state index in [4.69, 9.17) is 5.73 Å². The van der Waals surface area contributed by atoms with Crippen LogP contribution in [0.1, 0.15) is 24.8 Å². The minimum atomic E-state index is -0.0707. The highest BCUT2D eigenvalue weighted by Crippen LogP contribution is 2.21. The number of hydrogen-bond acceptors (Lipinski definition) is 2. The number of nitrogens with one attached hydrogen (secondary N) is 1. The minimum Gasteiger partial charge on any atom is -0.330 e. The van der Waals surface area contributed by atoms with Gasteiger partial charge in [0, 0.05) is 7.05 Å². The van der Waals surface area contributed by atoms with Gasteiger partial charge in [-0.3, -0.25) is 4.57 Å². The standard InChI is InChI=1S/C12H17N3O/c1-8(5-6-13)9-3-4-11-10(7-9)14-12(16)15(11)2/h3-4,7-8H,5-6,13H2,1-2H3,(H,14,16). The van der Waals surface area contributed by atoms with Gasteiger partial charge in [-0.1, -0.05) is 13.0 Å². The van der Waals surface area contributed by atoms with Crippen LogP contribution in [0.5, 0.6) is 0 Å². The number of aromatic nitrogens is 2. The van der Waals surface area contributed by atoms with Crippen LogP contribution in [-0.4, -0.2) is 16.1 Å². The summed E-state index contributed by atoms with van der Waals surface area (Å²) in [5.41, 5.74) is 8.53. The third-order valence-electron chi connectivity index (χ3n) is 3.10. The predicted octanol–water partition coefficient (Wildman–Crippen LogP) is 1.32. The fourth-order valence-corrected chi connectivity index (χ4v) is 1.98. The van der Waals surface area contributed by atoms with Crippen molar-refractivity contribution in [3.8, 4) is 0 Å². The van der Waals surface area contributed by atoms with Gasteiger partial charge in [0.1, 0.15) is 0 Å². The summed E-state index contributed by atoms with van der Waals surface area (Å²) in [5.74, 6) is 0.429. The van der Waals surface area contributed by atoms with Crippen LogP contribution in [0.4, 0.5) is 0 Å². The van der Waals surface area contributed by atoms with Crippen LogP contribution in [-0.2, 0) is 7.05 Å². The Hall–Kier alpha value is -1.55. The molecule has 0 fully saturated rings. The maximum Gasteiger partial charge on any atom is 0.326 e. The van der Waals surface area contributed by atoms with Gasteiger partial charge in [-0.15, -0.1) is 0 Å². The van der Waals surface area contributed by atoms with Crippen LogP contribution in [0, 0.1) is 0 Å². The van der Waals surface area contributed by atoms with Crippen molar-refractivity contribution >= 4 is 11.0 Å². The van der Waals surface area contributed by atoms with Crippen LogP contribution in [0.15, 0.2) is 23.0 Å². The first-order valence-electron chi connectivity index (χ1n) is 5.52. The number of benzene rings is 1. The summed E-state index contributed by atoms with van der Waals surface area (Å²) in [4.78, 5) is 14.3. The normalized spacial score (nSPS) is 13.2. The number of fused-ring (bicyclic) bond motifs is 1. The van der Waals surface area contributed by atoms with Gasteiger partial charge in [0.2, 0.25) is 0 Å². The topological polar surface area (TPSA) is 63.8 Å². The molecule has 0 aliphatic carbocycles. The summed E-state index contributed by atoms with van der Waals surface area (Å²) in [5, 5.41) is 0. The zero-order valence-corrected chi connectivity index (χ0v) is 9.66. The van der Waals surface area contributed by atoms with E-state index in [9.17, 15) is 4.79 Å². The maximum absolute atomic E-state index is 11.4. The molecule has 2 rings (SSSR count). The quantitative estimate of drug-likeness (QED) is 0.817. The lowest BCUT2D eigenvalue weighted by atomic mass is 9.97. The first-order chi connectivity index (χ1) is 7.63. The van der Waals surface area contributed by atoms with Gasteiger partial charge in [0.15, 0.2) is 0 Å². The Morgan fingerprint density at radius 3 is 2.94 bits per heavy atom. The fraction of sp³-hybridized carbons (Fsp3) is 0.417. The smallest absolute Gasteiger partial charge is 0.326 e. The second-order valence-corrected chi connectivity index (χ2v) is 4.24. The summed E-state index contributed by atoms with van der Waals surface area (Å²) in [6.07, 6.45) is 0.961. The van der Waals surface area contributed by atoms with E-state index >= 15 is 0 Å². The highest BCUT2D eigenvalue weighted by atomic mass is 16.1. The highest BCUT2D eigenvalue weighted by molar-refractivity contribution is 5.76. The molecule has 16 heavy (non-hydrogen) atoms. The third-order valence-corrected chi connectivity index (χ3v) is 3.10. The Labute approximate surface area is 94.1 Å². The molecule has 1 aromatic heterocycles. The van der Waals surface area contributed by atoms with E-state index in [1.165, 1.54) is 5.56 Å². The molecular formula is C12H17N3O. The molecule has 0 saturated carbocycles. The Morgan fingerprint density at radius 1 is 1.50 bits per heavy atom. The average Bonchev–Trinajstić information content (AvgIpc) is 2.55. The van der Waals surface area contributed by atoms with Crippen molar-refractivity contribution in [3.63, 3.8) is 0 Å². The van der Waals surface area contributed by atoms with Crippen molar-refractivity contribution in [1.29, 1.82) is 0 Å². The number of imidazole rings is 1. The summed E-state index contributed by atoms with van der Waals surface area (Å²) in [6, 6.07) is 6.09. The van der Waals surface area contributed by atoms with Crippen molar-refractivity contribution in [3.05, 3.63) is 34.2 Å². The van der Waals surface area contributed by atoms with E-state index in [1.807, 2.05) is 12.1 Å². The van der Waals surface area contributed by atoms with Crippen molar-refractivity contribution < 1.29 is 0 Å². The first kappa shape index (κ1) is 11.0. The molecule has 0 saturated heterocycles. The molecule has 0 aliphatic heterocycles. The number of hydrogen-bond donors (Lipinski definition) is 2. The molecule has 4 heteroatoms. The predicted molar refractivity (Wildman–Crippen MR) is 65.6 cm³/mol. The summed E-state index contributed by atoms with van der Waals surface area (Å²) in [7, 11) is 1.77. The van der Waals surface area contributed by atoms with Crippen LogP contribution in [0.2, 0.25) is 0 Å². The van der Waals surface area contributed by atoms with Gasteiger partial charge in [-0.05, 0) is 36.6 Å². The van der Waals surface area contributed by atoms with E-state index in [-0.39, 0.29) is 5.69 Å². The number of aryl methyl sites for hydroxylation is 1. The lowest BCUT2D eigenvalue weighted by Crippen LogP contribution is -2.11. The van der Waals surface area contributed by atoms with Crippen molar-refractivity contribution in [2.75, 3.05) is 6.54 Å². The largest absolute Gasteiger partial charge is 0.330 e. The SMILES string of the molecule is CC(CCN)c1ccc2c(c1)[nH]c(=O)n2C. The summed E-state index contributed by atoms with van der Waals surface area (Å²) >= 11 is 0. The minimum absolute atomic E-state index is 0.0707. The molecule has 4 nitrogen and oxygen atoms in total. The Morgan fingerprint density at radius 2 is 2.25 bits per heavy atom. The van der Waals surface area contributed by atoms with E-state index in [2.05, 4.69) is 18.0 Å². The molecule has 1 heterocycles. The number of rotatable bonds is 3. The molecule has 86 valence electrons. The lowest BCUT2D eigenvalue weighted by Gasteiger charge is -2.10. The number of nitrogens with zero attached hydrogens (tertiary/aromatic N) is 1. The third kappa shape index (κ3) is 1.76. The lowest BCUT2D eigenvalue weighted by molar-refractivity contribution is 0.691. The molecule has 0 spiro atoms. The van der Waals surface area contributed by atoms with E-state index in [1.54, 1.807) is 11.6 Å². The Bertz CT molecular complexity index is 553. The molecule has 0 amide bonds. The van der Waals surface area contributed by atoms with Crippen LogP contribution in [0.3, 0.4) is 0 Å². The van der Waals surface area contributed by atoms with Crippen molar-refractivity contribution in [2.24, 2.45) is 12.8 Å². The van der Waals surface area contributed by atoms with Crippen LogP contribution in [0.25, 0.3) is 11.0 Å². The highest BCUT2D eigenvalue weighted by Gasteiger charge is 2.08. The molecule has 1 unspecified atom stereocenters. The van der Waals surface area contributed by atoms with Gasteiger partial charge in [-0.2, -0.15) is 0 Å². The number of aromatic amines is 1. The van der Waals surface area contributed by atoms with E-state index < -0.39 is 0 Å². The maximum atomic E-state index is 11.4. The van der Waals surface area contributed by atoms with E-state index in [0.717, 1.165) is 17.5 Å². The van der Waals surface area contributed by atoms with E-state index in [0.29, 0.717) is 12.5 Å². The first-order valence-corrected chi connectivity index (χ1v) is 5.52. The molecular weight excluding hydrogens is 202 g/mol. The molecule has 1 atom stereocenters. The average molecular weight is 219 g/mol. The molecule has 0 radical (unpaired) electrons. The van der Waals surface area contributed by atoms with Gasteiger partial charge >= 0.3 is 5.69 Å². The van der Waals surface area contributed by atoms with Gasteiger partial charge < -0.3 is 10.7 Å². The van der Waals surface area contributed by atoms with Gasteiger partial charge in [-0.25, -0.2) is 4.79 Å². The Kier molecular flexibility index (Phi) is 2.83. The summed E-state index contributed by atoms with van der Waals surface area (Å²) in [6.45, 7) is 2.83. The van der Waals surface area contributed by atoms with Crippen molar-refractivity contribution in [1.82, 2.24) is 9.55 Å². The second-order valence-electron chi connectivity index (χ2n) is 4.24. The van der Waals surface area contributed by atoms with Crippen LogP contribution >= 0.6 is 0 Å². The second kappa shape index (κ2) is 4.14. The molecule has 1 aromatic carbocycles. The molecule has 2 aromatic rings. The molecule has 0 aliphatic rings. The molecule has 0 bridgehead atoms. The van der Waals surface area contributed by atoms with Crippen molar-refractivity contribution in [2.45, 2.75) is 19.3 Å². The van der Waals surface area contributed by atoms with Crippen LogP contribution < -0.4 is 11.4 Å². The van der Waals surface area contributed by atoms with Gasteiger partial charge in [0.25, 0.3) is 0 Å². The fourth-order valence-electron chi connectivity index (χ4n) is 1.98. The zero-order chi connectivity index (χ0) is 11.7. The monoisotopic (exact) mass is 219 g/mol. The zero-order valence-electron chi connectivity index (χ0n) is 9.66. The van der Waals surface area contributed by atoms with Gasteiger partial charge in [0.05, 0.1) is 11.0 Å². The molecule has 3 N–H and O–H groups in total. The number of H-pyrrole nitrogens is 1. The Balaban J connectivity index is 2.48.